The van der Waals surface area contributed by atoms with Crippen LogP contribution in [0.3, 0.4) is 0 Å². The average molecular weight is 582 g/mol. The van der Waals surface area contributed by atoms with Gasteiger partial charge in [-0.15, -0.1) is 16.1 Å². The number of fused-ring (bicyclic) bond motifs is 1. The highest BCUT2D eigenvalue weighted by molar-refractivity contribution is 7.15. The Morgan fingerprint density at radius 2 is 1.73 bits per heavy atom. The Balaban J connectivity index is 1.39. The lowest BCUT2D eigenvalue weighted by Gasteiger charge is -2.11. The number of unbranched alkanes of at least 4 members (excludes halogenated alkanes) is 2. The van der Waals surface area contributed by atoms with E-state index >= 15 is 0 Å². The van der Waals surface area contributed by atoms with E-state index in [0.29, 0.717) is 35.3 Å². The minimum Gasteiger partial charge on any atom is -0.492 e. The SMILES string of the molecule is CC(=O)OCOc1c(F)c(F)c2cc(-c3ccc(CCCCCC(=O)On4c(O)ccc4O)s3)c(=O)oc2c1F. The van der Waals surface area contributed by atoms with Gasteiger partial charge in [0.05, 0.1) is 10.9 Å². The predicted octanol–water partition coefficient (Wildman–Crippen LogP) is 4.81. The smallest absolute Gasteiger partial charge is 0.345 e. The molecule has 0 aliphatic carbocycles. The maximum atomic E-state index is 14.8. The Morgan fingerprint density at radius 1 is 1.00 bits per heavy atom. The zero-order valence-electron chi connectivity index (χ0n) is 20.9. The molecule has 0 amide bonds. The summed E-state index contributed by atoms with van der Waals surface area (Å²) in [5.41, 5.74) is -1.91. The van der Waals surface area contributed by atoms with Crippen LogP contribution in [0, 0.1) is 17.5 Å². The van der Waals surface area contributed by atoms with Crippen molar-refractivity contribution >= 4 is 34.2 Å². The highest BCUT2D eigenvalue weighted by atomic mass is 32.1. The third-order valence-corrected chi connectivity index (χ3v) is 6.84. The molecule has 0 fully saturated rings. The second-order valence-electron chi connectivity index (χ2n) is 8.49. The first kappa shape index (κ1) is 28.5. The molecule has 2 N–H and O–H groups in total. The van der Waals surface area contributed by atoms with Gasteiger partial charge in [0.25, 0.3) is 0 Å². The van der Waals surface area contributed by atoms with Crippen molar-refractivity contribution in [3.63, 3.8) is 0 Å². The second-order valence-corrected chi connectivity index (χ2v) is 9.66. The van der Waals surface area contributed by atoms with Crippen LogP contribution in [-0.2, 0) is 20.7 Å². The van der Waals surface area contributed by atoms with Crippen molar-refractivity contribution in [3.05, 3.63) is 63.1 Å². The van der Waals surface area contributed by atoms with Crippen LogP contribution in [0.25, 0.3) is 21.4 Å². The third kappa shape index (κ3) is 6.22. The summed E-state index contributed by atoms with van der Waals surface area (Å²) in [7, 11) is 0. The molecule has 10 nitrogen and oxygen atoms in total. The number of ether oxygens (including phenoxy) is 2. The Bertz CT molecular complexity index is 1610. The molecule has 0 radical (unpaired) electrons. The normalized spacial score (nSPS) is 11.1. The molecule has 3 aromatic heterocycles. The molecular weight excluding hydrogens is 559 g/mol. The number of rotatable bonds is 11. The Labute approximate surface area is 227 Å². The van der Waals surface area contributed by atoms with Gasteiger partial charge in [-0.2, -0.15) is 8.78 Å². The van der Waals surface area contributed by atoms with E-state index in [9.17, 15) is 37.8 Å². The van der Waals surface area contributed by atoms with Crippen molar-refractivity contribution in [2.24, 2.45) is 0 Å². The van der Waals surface area contributed by atoms with Gasteiger partial charge < -0.3 is 28.9 Å². The van der Waals surface area contributed by atoms with Crippen LogP contribution in [0.1, 0.15) is 37.5 Å². The first-order valence-corrected chi connectivity index (χ1v) is 12.7. The van der Waals surface area contributed by atoms with E-state index in [1.807, 2.05) is 0 Å². The van der Waals surface area contributed by atoms with E-state index < -0.39 is 70.3 Å². The molecule has 14 heteroatoms. The van der Waals surface area contributed by atoms with Gasteiger partial charge in [0.1, 0.15) is 0 Å². The summed E-state index contributed by atoms with van der Waals surface area (Å²) in [6, 6.07) is 6.70. The fourth-order valence-corrected chi connectivity index (χ4v) is 4.78. The molecule has 4 aromatic rings. The number of aromatic hydroxyl groups is 2. The van der Waals surface area contributed by atoms with Crippen molar-refractivity contribution in [2.75, 3.05) is 6.79 Å². The first-order valence-electron chi connectivity index (χ1n) is 11.9. The van der Waals surface area contributed by atoms with E-state index in [-0.39, 0.29) is 12.0 Å². The lowest BCUT2D eigenvalue weighted by Crippen LogP contribution is -2.18. The summed E-state index contributed by atoms with van der Waals surface area (Å²) in [4.78, 5) is 41.4. The summed E-state index contributed by atoms with van der Waals surface area (Å²) in [6.07, 6.45) is 2.46. The molecule has 4 rings (SSSR count). The number of esters is 1. The Kier molecular flexibility index (Phi) is 8.67. The molecule has 0 unspecified atom stereocenters. The number of carbonyl (C=O) groups is 2. The number of aryl methyl sites for hydroxylation is 1. The molecular formula is C26H22F3NO9S. The molecule has 212 valence electrons. The highest BCUT2D eigenvalue weighted by Crippen LogP contribution is 2.35. The Hall–Kier alpha value is -4.46. The van der Waals surface area contributed by atoms with Crippen LogP contribution in [0.5, 0.6) is 17.5 Å². The number of thiophene rings is 1. The van der Waals surface area contributed by atoms with E-state index in [2.05, 4.69) is 9.47 Å². The number of aromatic nitrogens is 1. The number of halogens is 3. The van der Waals surface area contributed by atoms with Crippen LogP contribution >= 0.6 is 11.3 Å². The van der Waals surface area contributed by atoms with Crippen molar-refractivity contribution in [3.8, 4) is 28.0 Å². The molecule has 3 heterocycles. The maximum absolute atomic E-state index is 14.8. The fourth-order valence-electron chi connectivity index (χ4n) is 3.73. The van der Waals surface area contributed by atoms with Crippen LogP contribution in [0.4, 0.5) is 13.2 Å². The van der Waals surface area contributed by atoms with Gasteiger partial charge in [0.15, 0.2) is 11.4 Å². The summed E-state index contributed by atoms with van der Waals surface area (Å²) in [5.74, 6) is -8.05. The van der Waals surface area contributed by atoms with Crippen LogP contribution in [-0.4, -0.2) is 33.7 Å². The fraction of sp³-hybridized carbons (Fsp3) is 0.269. The minimum absolute atomic E-state index is 0.0556. The lowest BCUT2D eigenvalue weighted by atomic mass is 10.1. The van der Waals surface area contributed by atoms with Crippen molar-refractivity contribution < 1.29 is 51.7 Å². The number of benzene rings is 1. The molecule has 0 saturated heterocycles. The Morgan fingerprint density at radius 3 is 2.42 bits per heavy atom. The van der Waals surface area contributed by atoms with Crippen molar-refractivity contribution in [1.82, 2.24) is 4.73 Å². The summed E-state index contributed by atoms with van der Waals surface area (Å²) >= 11 is 1.22. The van der Waals surface area contributed by atoms with Gasteiger partial charge in [-0.25, -0.2) is 14.0 Å². The maximum Gasteiger partial charge on any atom is 0.345 e. The standard InChI is InChI=1S/C26H22F3NO9S/c1-13(31)36-12-37-25-22(28)21(27)16-11-15(26(35)38-24(16)23(25)29)17-8-7-14(40-17)5-3-2-4-6-20(34)39-30-18(32)9-10-19(30)33/h7-11,32-33H,2-6,12H2,1H3. The van der Waals surface area contributed by atoms with Crippen molar-refractivity contribution in [1.29, 1.82) is 0 Å². The van der Waals surface area contributed by atoms with E-state index in [1.54, 1.807) is 12.1 Å². The number of hydrogen-bond acceptors (Lipinski definition) is 10. The predicted molar refractivity (Wildman–Crippen MR) is 134 cm³/mol. The molecule has 0 bridgehead atoms. The monoisotopic (exact) mass is 581 g/mol. The number of hydrogen-bond donors (Lipinski definition) is 2. The van der Waals surface area contributed by atoms with Gasteiger partial charge in [-0.1, -0.05) is 6.42 Å². The molecule has 0 saturated carbocycles. The van der Waals surface area contributed by atoms with Crippen LogP contribution in [0.15, 0.2) is 39.5 Å². The second kappa shape index (κ2) is 12.2. The van der Waals surface area contributed by atoms with Gasteiger partial charge in [0, 0.05) is 35.2 Å². The summed E-state index contributed by atoms with van der Waals surface area (Å²) in [6.45, 7) is 0.168. The molecule has 0 aliphatic rings. The van der Waals surface area contributed by atoms with E-state index in [4.69, 9.17) is 9.25 Å². The first-order chi connectivity index (χ1) is 19.1. The quantitative estimate of drug-likeness (QED) is 0.0840. The van der Waals surface area contributed by atoms with Crippen molar-refractivity contribution in [2.45, 2.75) is 39.0 Å². The average Bonchev–Trinajstić information content (AvgIpc) is 3.50. The van der Waals surface area contributed by atoms with E-state index in [0.717, 1.165) is 17.9 Å². The van der Waals surface area contributed by atoms with Gasteiger partial charge >= 0.3 is 17.6 Å². The van der Waals surface area contributed by atoms with E-state index in [1.165, 1.54) is 23.5 Å². The molecule has 1 aromatic carbocycles. The molecule has 40 heavy (non-hydrogen) atoms. The largest absolute Gasteiger partial charge is 0.492 e. The summed E-state index contributed by atoms with van der Waals surface area (Å²) < 4.78 is 58.7. The van der Waals surface area contributed by atoms with Crippen LogP contribution < -0.4 is 15.2 Å². The van der Waals surface area contributed by atoms with Gasteiger partial charge in [-0.05, 0) is 37.5 Å². The zero-order valence-corrected chi connectivity index (χ0v) is 21.7. The van der Waals surface area contributed by atoms with Gasteiger partial charge in [0.2, 0.25) is 35.9 Å². The molecule has 0 aliphatic heterocycles. The summed E-state index contributed by atoms with van der Waals surface area (Å²) in [5, 5.41) is 18.4. The highest BCUT2D eigenvalue weighted by Gasteiger charge is 2.25. The minimum atomic E-state index is -1.67. The molecule has 0 spiro atoms. The topological polar surface area (TPSA) is 137 Å². The van der Waals surface area contributed by atoms with Crippen LogP contribution in [0.2, 0.25) is 0 Å². The lowest BCUT2D eigenvalue weighted by molar-refractivity contribution is -0.148. The molecule has 0 atom stereocenters. The number of carbonyl (C=O) groups excluding carboxylic acids is 2. The number of nitrogens with zero attached hydrogens (tertiary/aromatic N) is 1. The van der Waals surface area contributed by atoms with Gasteiger partial charge in [-0.3, -0.25) is 4.79 Å². The third-order valence-electron chi connectivity index (χ3n) is 5.66. The zero-order chi connectivity index (χ0) is 29.0.